The van der Waals surface area contributed by atoms with Crippen LogP contribution in [0.15, 0.2) is 68.7 Å². The zero-order valence-electron chi connectivity index (χ0n) is 10.3. The first-order valence-electron chi connectivity index (χ1n) is 5.63. The van der Waals surface area contributed by atoms with Crippen molar-refractivity contribution in [2.75, 3.05) is 0 Å². The molecule has 2 rings (SSSR count). The van der Waals surface area contributed by atoms with E-state index in [0.717, 1.165) is 0 Å². The normalized spacial score (nSPS) is 9.80. The van der Waals surface area contributed by atoms with Crippen molar-refractivity contribution in [3.05, 3.63) is 59.3 Å². The molecule has 0 aromatic heterocycles. The summed E-state index contributed by atoms with van der Waals surface area (Å²) in [6, 6.07) is 17.1. The van der Waals surface area contributed by atoms with Gasteiger partial charge in [-0.25, -0.2) is 0 Å². The second-order valence-corrected chi connectivity index (χ2v) is 3.66. The van der Waals surface area contributed by atoms with Crippen molar-refractivity contribution in [1.82, 2.24) is 0 Å². The molecule has 0 saturated carbocycles. The maximum absolute atomic E-state index is 8.42. The summed E-state index contributed by atoms with van der Waals surface area (Å²) in [5, 5.41) is 24.9. The number of hydrogen-bond donors (Lipinski definition) is 0. The molecular formula is C14H8N6-2. The Morgan fingerprint density at radius 2 is 0.850 bits per heavy atom. The Morgan fingerprint density at radius 3 is 1.15 bits per heavy atom. The van der Waals surface area contributed by atoms with E-state index in [1.54, 1.807) is 60.5 Å². The van der Waals surface area contributed by atoms with Crippen LogP contribution in [0.3, 0.4) is 0 Å². The van der Waals surface area contributed by atoms with Gasteiger partial charge >= 0.3 is 0 Å². The van der Waals surface area contributed by atoms with Gasteiger partial charge in [-0.05, 0) is 35.6 Å². The number of rotatable bonds is 4. The van der Waals surface area contributed by atoms with Gasteiger partial charge in [0.05, 0.1) is 11.4 Å². The fraction of sp³-hybridized carbons (Fsp3) is 0. The van der Waals surface area contributed by atoms with E-state index in [1.807, 2.05) is 0 Å². The Bertz CT molecular complexity index is 639. The van der Waals surface area contributed by atoms with Gasteiger partial charge < -0.3 is 20.8 Å². The van der Waals surface area contributed by atoms with Gasteiger partial charge in [-0.1, -0.05) is 24.3 Å². The van der Waals surface area contributed by atoms with Crippen molar-refractivity contribution in [3.63, 3.8) is 0 Å². The third-order valence-corrected chi connectivity index (χ3v) is 2.34. The van der Waals surface area contributed by atoms with Gasteiger partial charge in [0.1, 0.15) is 0 Å². The SMILES string of the molecule is [N-]=C=Nc1ccc(N=Nc2ccc(N=C=[N-])cc2)cc1. The average molecular weight is 260 g/mol. The summed E-state index contributed by atoms with van der Waals surface area (Å²) in [6.07, 6.45) is 0. The van der Waals surface area contributed by atoms with Gasteiger partial charge in [0, 0.05) is 0 Å². The molecular weight excluding hydrogens is 252 g/mol. The monoisotopic (exact) mass is 260 g/mol. The molecule has 20 heavy (non-hydrogen) atoms. The molecule has 0 aliphatic rings. The summed E-state index contributed by atoms with van der Waals surface area (Å²) < 4.78 is 0. The zero-order valence-corrected chi connectivity index (χ0v) is 10.3. The maximum atomic E-state index is 8.42. The summed E-state index contributed by atoms with van der Waals surface area (Å²) in [5.74, 6) is 0. The molecule has 6 nitrogen and oxygen atoms in total. The summed E-state index contributed by atoms with van der Waals surface area (Å²) >= 11 is 0. The molecule has 0 heterocycles. The minimum atomic E-state index is 0.578. The first kappa shape index (κ1) is 13.2. The van der Waals surface area contributed by atoms with Crippen molar-refractivity contribution in [1.29, 1.82) is 0 Å². The van der Waals surface area contributed by atoms with Crippen molar-refractivity contribution in [2.45, 2.75) is 0 Å². The van der Waals surface area contributed by atoms with E-state index in [0.29, 0.717) is 22.7 Å². The summed E-state index contributed by atoms with van der Waals surface area (Å²) in [5.41, 5.74) is 2.48. The molecule has 0 atom stereocenters. The standard InChI is InChI=1S/C14H8N6/c15-9-17-11-1-5-13(6-2-11)19-20-14-7-3-12(4-8-14)18-10-16/h1-8H/q-2. The van der Waals surface area contributed by atoms with Crippen LogP contribution in [0.1, 0.15) is 0 Å². The smallest absolute Gasteiger partial charge is 0.0857 e. The van der Waals surface area contributed by atoms with Crippen LogP contribution in [0.2, 0.25) is 0 Å². The second-order valence-electron chi connectivity index (χ2n) is 3.66. The Kier molecular flexibility index (Phi) is 4.41. The Hall–Kier alpha value is -3.20. The van der Waals surface area contributed by atoms with Crippen molar-refractivity contribution in [3.8, 4) is 0 Å². The summed E-state index contributed by atoms with van der Waals surface area (Å²) in [6.45, 7) is 0. The quantitative estimate of drug-likeness (QED) is 0.554. The van der Waals surface area contributed by atoms with Crippen LogP contribution in [0.25, 0.3) is 10.8 Å². The Balaban J connectivity index is 2.12. The van der Waals surface area contributed by atoms with Gasteiger partial charge in [-0.2, -0.15) is 22.2 Å². The molecule has 96 valence electrons. The lowest BCUT2D eigenvalue weighted by molar-refractivity contribution is 1.23. The Morgan fingerprint density at radius 1 is 0.550 bits per heavy atom. The number of benzene rings is 2. The second kappa shape index (κ2) is 6.66. The third-order valence-electron chi connectivity index (χ3n) is 2.34. The van der Waals surface area contributed by atoms with Gasteiger partial charge in [0.25, 0.3) is 0 Å². The Labute approximate surface area is 115 Å². The van der Waals surface area contributed by atoms with Crippen LogP contribution in [0.4, 0.5) is 22.7 Å². The predicted octanol–water partition coefficient (Wildman–Crippen LogP) is 4.85. The van der Waals surface area contributed by atoms with E-state index in [-0.39, 0.29) is 0 Å². The van der Waals surface area contributed by atoms with Crippen LogP contribution in [0.5, 0.6) is 0 Å². The highest BCUT2D eigenvalue weighted by atomic mass is 15.1. The van der Waals surface area contributed by atoms with Gasteiger partial charge in [0.15, 0.2) is 0 Å². The van der Waals surface area contributed by atoms with E-state index in [9.17, 15) is 0 Å². The van der Waals surface area contributed by atoms with Gasteiger partial charge in [0.2, 0.25) is 0 Å². The first-order valence-corrected chi connectivity index (χ1v) is 5.63. The maximum Gasteiger partial charge on any atom is 0.0857 e. The summed E-state index contributed by atoms with van der Waals surface area (Å²) in [4.78, 5) is 7.18. The minimum Gasteiger partial charge on any atom is -0.422 e. The molecule has 0 aliphatic carbocycles. The molecule has 0 radical (unpaired) electrons. The van der Waals surface area contributed by atoms with Crippen LogP contribution in [-0.2, 0) is 0 Å². The van der Waals surface area contributed by atoms with E-state index < -0.39 is 0 Å². The molecule has 0 bridgehead atoms. The van der Waals surface area contributed by atoms with Crippen LogP contribution >= 0.6 is 0 Å². The van der Waals surface area contributed by atoms with Crippen LogP contribution in [-0.4, -0.2) is 12.0 Å². The van der Waals surface area contributed by atoms with Gasteiger partial charge in [-0.3, -0.25) is 0 Å². The topological polar surface area (TPSA) is 94.0 Å². The molecule has 6 heteroatoms. The van der Waals surface area contributed by atoms with Crippen LogP contribution < -0.4 is 0 Å². The van der Waals surface area contributed by atoms with Crippen LogP contribution in [0, 0.1) is 0 Å². The highest BCUT2D eigenvalue weighted by Crippen LogP contribution is 2.22. The number of azo groups is 1. The number of aliphatic imine (C=N–C) groups is 2. The van der Waals surface area contributed by atoms with E-state index >= 15 is 0 Å². The predicted molar refractivity (Wildman–Crippen MR) is 78.0 cm³/mol. The van der Waals surface area contributed by atoms with E-state index in [4.69, 9.17) is 10.8 Å². The minimum absolute atomic E-state index is 0.578. The van der Waals surface area contributed by atoms with Crippen molar-refractivity contribution in [2.24, 2.45) is 20.2 Å². The largest absolute Gasteiger partial charge is 0.422 e. The molecule has 0 spiro atoms. The fourth-order valence-corrected chi connectivity index (χ4v) is 1.42. The molecule has 0 fully saturated rings. The highest BCUT2D eigenvalue weighted by molar-refractivity contribution is 5.57. The average Bonchev–Trinajstić information content (AvgIpc) is 2.49. The molecule has 2 aromatic rings. The van der Waals surface area contributed by atoms with Crippen molar-refractivity contribution < 1.29 is 0 Å². The van der Waals surface area contributed by atoms with E-state index in [2.05, 4.69) is 20.2 Å². The molecule has 0 aliphatic heterocycles. The number of nitrogens with zero attached hydrogens (tertiary/aromatic N) is 6. The zero-order chi connectivity index (χ0) is 14.2. The number of hydrogen-bond acceptors (Lipinski definition) is 4. The third kappa shape index (κ3) is 3.65. The van der Waals surface area contributed by atoms with E-state index in [1.165, 1.54) is 0 Å². The fourth-order valence-electron chi connectivity index (χ4n) is 1.42. The molecule has 0 unspecified atom stereocenters. The summed E-state index contributed by atoms with van der Waals surface area (Å²) in [7, 11) is 0. The lowest BCUT2D eigenvalue weighted by atomic mass is 10.3. The van der Waals surface area contributed by atoms with Crippen molar-refractivity contribution >= 4 is 34.8 Å². The first-order chi connectivity index (χ1) is 9.81. The lowest BCUT2D eigenvalue weighted by Gasteiger charge is -1.99. The van der Waals surface area contributed by atoms with Gasteiger partial charge in [-0.15, -0.1) is 0 Å². The highest BCUT2D eigenvalue weighted by Gasteiger charge is 1.90. The lowest BCUT2D eigenvalue weighted by Crippen LogP contribution is -1.66. The molecule has 0 saturated heterocycles. The molecule has 0 amide bonds. The molecule has 2 aromatic carbocycles. The molecule has 0 N–H and O–H groups in total.